The van der Waals surface area contributed by atoms with E-state index in [2.05, 4.69) is 10.3 Å². The number of carbonyl (C=O) groups excluding carboxylic acids is 1. The number of sulfone groups is 1. The Morgan fingerprint density at radius 3 is 2.65 bits per heavy atom. The summed E-state index contributed by atoms with van der Waals surface area (Å²) in [5.74, 6) is -0.354. The molecule has 1 N–H and O–H groups in total. The van der Waals surface area contributed by atoms with Gasteiger partial charge in [0.1, 0.15) is 0 Å². The lowest BCUT2D eigenvalue weighted by molar-refractivity contribution is -0.120. The monoisotopic (exact) mass is 477 g/mol. The van der Waals surface area contributed by atoms with Crippen molar-refractivity contribution in [3.63, 3.8) is 0 Å². The van der Waals surface area contributed by atoms with Crippen molar-refractivity contribution in [3.8, 4) is 5.69 Å². The number of aromatic nitrogens is 2. The van der Waals surface area contributed by atoms with Crippen LogP contribution in [0.5, 0.6) is 0 Å². The summed E-state index contributed by atoms with van der Waals surface area (Å²) in [6.45, 7) is 1.73. The molecule has 31 heavy (non-hydrogen) atoms. The van der Waals surface area contributed by atoms with E-state index in [9.17, 15) is 18.0 Å². The van der Waals surface area contributed by atoms with Crippen LogP contribution in [0.4, 0.5) is 0 Å². The first-order valence-corrected chi connectivity index (χ1v) is 12.8. The van der Waals surface area contributed by atoms with Crippen molar-refractivity contribution in [1.82, 2.24) is 14.9 Å². The molecule has 1 aromatic heterocycles. The van der Waals surface area contributed by atoms with Gasteiger partial charge in [-0.15, -0.1) is 0 Å². The minimum absolute atomic E-state index is 0.0229. The summed E-state index contributed by atoms with van der Waals surface area (Å²) in [5, 5.41) is 3.98. The average molecular weight is 478 g/mol. The molecule has 1 atom stereocenters. The van der Waals surface area contributed by atoms with E-state index in [0.29, 0.717) is 33.2 Å². The fraction of sp³-hybridized carbons (Fsp3) is 0.286. The number of halogens is 1. The topological polar surface area (TPSA) is 98.1 Å². The fourth-order valence-corrected chi connectivity index (χ4v) is 6.79. The predicted octanol–water partition coefficient (Wildman–Crippen LogP) is 2.82. The zero-order valence-corrected chi connectivity index (χ0v) is 19.1. The Kier molecular flexibility index (Phi) is 5.85. The molecule has 2 heterocycles. The molecule has 0 radical (unpaired) electrons. The Labute approximate surface area is 188 Å². The van der Waals surface area contributed by atoms with Gasteiger partial charge in [0.2, 0.25) is 5.91 Å². The zero-order chi connectivity index (χ0) is 22.2. The van der Waals surface area contributed by atoms with E-state index in [1.54, 1.807) is 55.5 Å². The minimum Gasteiger partial charge on any atom is -0.349 e. The van der Waals surface area contributed by atoms with E-state index in [1.165, 1.54) is 4.57 Å². The minimum atomic E-state index is -3.14. The van der Waals surface area contributed by atoms with Crippen molar-refractivity contribution in [3.05, 3.63) is 63.9 Å². The van der Waals surface area contributed by atoms with Crippen molar-refractivity contribution in [2.45, 2.75) is 24.0 Å². The molecule has 162 valence electrons. The Balaban J connectivity index is 1.66. The van der Waals surface area contributed by atoms with Crippen LogP contribution in [-0.4, -0.2) is 46.7 Å². The molecule has 3 aromatic rings. The van der Waals surface area contributed by atoms with Crippen molar-refractivity contribution < 1.29 is 13.2 Å². The van der Waals surface area contributed by atoms with Crippen molar-refractivity contribution in [2.24, 2.45) is 0 Å². The van der Waals surface area contributed by atoms with Gasteiger partial charge in [0.25, 0.3) is 5.56 Å². The molecule has 10 heteroatoms. The largest absolute Gasteiger partial charge is 0.349 e. The van der Waals surface area contributed by atoms with Gasteiger partial charge in [-0.1, -0.05) is 47.6 Å². The summed E-state index contributed by atoms with van der Waals surface area (Å²) in [6, 6.07) is 13.9. The van der Waals surface area contributed by atoms with Crippen LogP contribution >= 0.6 is 23.4 Å². The van der Waals surface area contributed by atoms with Crippen LogP contribution in [0.2, 0.25) is 5.02 Å². The van der Waals surface area contributed by atoms with E-state index >= 15 is 0 Å². The molecule has 2 aromatic carbocycles. The number of nitrogens with zero attached hydrogens (tertiary/aromatic N) is 2. The lowest BCUT2D eigenvalue weighted by Crippen LogP contribution is -2.47. The molecule has 7 nitrogen and oxygen atoms in total. The first-order valence-electron chi connectivity index (χ1n) is 9.58. The molecule has 4 rings (SSSR count). The zero-order valence-electron chi connectivity index (χ0n) is 16.7. The molecule has 0 aliphatic carbocycles. The van der Waals surface area contributed by atoms with Crippen molar-refractivity contribution in [2.75, 3.05) is 17.3 Å². The van der Waals surface area contributed by atoms with Crippen LogP contribution in [0.1, 0.15) is 13.3 Å². The van der Waals surface area contributed by atoms with Gasteiger partial charge >= 0.3 is 0 Å². The second kappa shape index (κ2) is 8.29. The summed E-state index contributed by atoms with van der Waals surface area (Å²) < 4.78 is 25.0. The van der Waals surface area contributed by atoms with Crippen LogP contribution in [-0.2, 0) is 14.6 Å². The van der Waals surface area contributed by atoms with Crippen molar-refractivity contribution in [1.29, 1.82) is 0 Å². The Hall–Kier alpha value is -2.36. The number of hydrogen-bond donors (Lipinski definition) is 1. The van der Waals surface area contributed by atoms with E-state index in [4.69, 9.17) is 11.6 Å². The maximum absolute atomic E-state index is 13.2. The second-order valence-electron chi connectivity index (χ2n) is 7.74. The number of amides is 1. The van der Waals surface area contributed by atoms with Gasteiger partial charge in [-0.2, -0.15) is 0 Å². The van der Waals surface area contributed by atoms with E-state index in [1.807, 2.05) is 0 Å². The summed E-state index contributed by atoms with van der Waals surface area (Å²) in [6.07, 6.45) is 0.379. The highest BCUT2D eigenvalue weighted by molar-refractivity contribution is 7.99. The van der Waals surface area contributed by atoms with Gasteiger partial charge in [0.05, 0.1) is 44.4 Å². The molecule has 0 bridgehead atoms. The summed E-state index contributed by atoms with van der Waals surface area (Å²) >= 11 is 7.44. The number of thioether (sulfide) groups is 1. The quantitative estimate of drug-likeness (QED) is 0.448. The number of rotatable bonds is 5. The maximum Gasteiger partial charge on any atom is 0.266 e. The molecule has 1 unspecified atom stereocenters. The number of hydrogen-bond acceptors (Lipinski definition) is 6. The molecule has 1 fully saturated rings. The average Bonchev–Trinajstić information content (AvgIpc) is 3.00. The highest BCUT2D eigenvalue weighted by Gasteiger charge is 2.39. The third kappa shape index (κ3) is 4.63. The number of para-hydroxylation sites is 2. The number of nitrogens with one attached hydrogen (secondary N) is 1. The smallest absolute Gasteiger partial charge is 0.266 e. The molecular formula is C21H20ClN3O4S2. The molecule has 1 saturated heterocycles. The van der Waals surface area contributed by atoms with Crippen LogP contribution in [0.3, 0.4) is 0 Å². The van der Waals surface area contributed by atoms with Crippen LogP contribution in [0.25, 0.3) is 16.6 Å². The summed E-state index contributed by atoms with van der Waals surface area (Å²) in [4.78, 5) is 30.4. The summed E-state index contributed by atoms with van der Waals surface area (Å²) in [7, 11) is -3.14. The molecule has 1 aliphatic rings. The SMILES string of the molecule is CC1(NC(=O)CSc2nc3ccccc3c(=O)n2-c2ccccc2Cl)CCS(=O)(=O)C1. The normalized spacial score (nSPS) is 20.1. The fourth-order valence-electron chi connectivity index (χ4n) is 3.67. The summed E-state index contributed by atoms with van der Waals surface area (Å²) in [5.41, 5.74) is -0.0671. The van der Waals surface area contributed by atoms with Gasteiger partial charge in [0, 0.05) is 0 Å². The van der Waals surface area contributed by atoms with Gasteiger partial charge in [-0.05, 0) is 37.6 Å². The van der Waals surface area contributed by atoms with Crippen LogP contribution < -0.4 is 10.9 Å². The molecule has 0 spiro atoms. The van der Waals surface area contributed by atoms with E-state index in [-0.39, 0.29) is 28.7 Å². The van der Waals surface area contributed by atoms with Gasteiger partial charge in [-0.25, -0.2) is 13.4 Å². The predicted molar refractivity (Wildman–Crippen MR) is 123 cm³/mol. The Bertz CT molecular complexity index is 1340. The lowest BCUT2D eigenvalue weighted by atomic mass is 10.0. The van der Waals surface area contributed by atoms with Crippen LogP contribution in [0, 0.1) is 0 Å². The molecule has 0 saturated carbocycles. The maximum atomic E-state index is 13.2. The highest BCUT2D eigenvalue weighted by atomic mass is 35.5. The molecular weight excluding hydrogens is 458 g/mol. The van der Waals surface area contributed by atoms with Gasteiger partial charge in [0.15, 0.2) is 15.0 Å². The van der Waals surface area contributed by atoms with E-state index in [0.717, 1.165) is 11.8 Å². The Morgan fingerprint density at radius 1 is 1.23 bits per heavy atom. The lowest BCUT2D eigenvalue weighted by Gasteiger charge is -2.23. The molecule has 1 aliphatic heterocycles. The number of fused-ring (bicyclic) bond motifs is 1. The van der Waals surface area contributed by atoms with E-state index < -0.39 is 15.4 Å². The van der Waals surface area contributed by atoms with Gasteiger partial charge in [-0.3, -0.25) is 14.2 Å². The second-order valence-corrected chi connectivity index (χ2v) is 11.3. The third-order valence-corrected chi connectivity index (χ3v) is 8.28. The van der Waals surface area contributed by atoms with Crippen LogP contribution in [0.15, 0.2) is 58.5 Å². The molecule has 1 amide bonds. The number of carbonyl (C=O) groups is 1. The standard InChI is InChI=1S/C21H20ClN3O4S2/c1-21(10-11-31(28,29)13-21)24-18(26)12-30-20-23-16-8-4-2-6-14(16)19(27)25(20)17-9-5-3-7-15(17)22/h2-9H,10-13H2,1H3,(H,24,26). The van der Waals surface area contributed by atoms with Gasteiger partial charge < -0.3 is 5.32 Å². The third-order valence-electron chi connectivity index (χ3n) is 5.12. The Morgan fingerprint density at radius 2 is 1.94 bits per heavy atom. The first-order chi connectivity index (χ1) is 14.7. The highest BCUT2D eigenvalue weighted by Crippen LogP contribution is 2.27. The first kappa shape index (κ1) is 21.9. The van der Waals surface area contributed by atoms with Crippen molar-refractivity contribution >= 4 is 50.0 Å². The number of benzene rings is 2.